The van der Waals surface area contributed by atoms with E-state index in [0.29, 0.717) is 30.8 Å². The van der Waals surface area contributed by atoms with Crippen molar-refractivity contribution in [2.24, 2.45) is 4.99 Å². The van der Waals surface area contributed by atoms with Gasteiger partial charge in [-0.2, -0.15) is 4.98 Å². The van der Waals surface area contributed by atoms with Crippen LogP contribution in [0.15, 0.2) is 33.8 Å². The van der Waals surface area contributed by atoms with Gasteiger partial charge in [-0.3, -0.25) is 9.89 Å². The Balaban J connectivity index is 1.44. The van der Waals surface area contributed by atoms with Gasteiger partial charge in [-0.05, 0) is 37.1 Å². The molecule has 0 amide bonds. The van der Waals surface area contributed by atoms with Crippen LogP contribution in [-0.2, 0) is 25.0 Å². The van der Waals surface area contributed by atoms with Crippen molar-refractivity contribution in [3.8, 4) is 0 Å². The number of nitrogens with zero attached hydrogens (tertiary/aromatic N) is 4. The Bertz CT molecular complexity index is 784. The van der Waals surface area contributed by atoms with Gasteiger partial charge in [-0.25, -0.2) is 0 Å². The Labute approximate surface area is 174 Å². The number of nitrogens with one attached hydrogen (secondary N) is 2. The lowest BCUT2D eigenvalue weighted by Crippen LogP contribution is -2.36. The van der Waals surface area contributed by atoms with E-state index < -0.39 is 0 Å². The number of likely N-dealkylation sites (tertiary alicyclic amines) is 1. The predicted octanol–water partition coefficient (Wildman–Crippen LogP) is 3.22. The molecule has 0 aliphatic carbocycles. The molecular formula is C22H34N6O. The molecule has 7 nitrogen and oxygen atoms in total. The van der Waals surface area contributed by atoms with Crippen molar-refractivity contribution in [1.29, 1.82) is 0 Å². The van der Waals surface area contributed by atoms with Gasteiger partial charge in [0, 0.05) is 25.6 Å². The number of piperidine rings is 1. The third kappa shape index (κ3) is 6.56. The molecule has 2 N–H and O–H groups in total. The first kappa shape index (κ1) is 21.3. The van der Waals surface area contributed by atoms with Crippen LogP contribution >= 0.6 is 0 Å². The molecule has 0 saturated carbocycles. The number of hydrogen-bond donors (Lipinski definition) is 2. The number of aromatic nitrogens is 2. The van der Waals surface area contributed by atoms with Crippen LogP contribution in [0, 0.1) is 0 Å². The third-order valence-corrected chi connectivity index (χ3v) is 5.09. The lowest BCUT2D eigenvalue weighted by Gasteiger charge is -2.26. The third-order valence-electron chi connectivity index (χ3n) is 5.09. The summed E-state index contributed by atoms with van der Waals surface area (Å²) in [5.74, 6) is 1.98. The second-order valence-electron chi connectivity index (χ2n) is 8.70. The van der Waals surface area contributed by atoms with Crippen LogP contribution in [-0.4, -0.2) is 41.1 Å². The van der Waals surface area contributed by atoms with Crippen molar-refractivity contribution in [1.82, 2.24) is 25.7 Å². The highest BCUT2D eigenvalue weighted by Crippen LogP contribution is 2.19. The molecule has 0 unspecified atom stereocenters. The van der Waals surface area contributed by atoms with Crippen molar-refractivity contribution >= 4 is 5.96 Å². The van der Waals surface area contributed by atoms with Crippen LogP contribution in [0.1, 0.15) is 62.9 Å². The SMILES string of the molecule is CN=C(NCc1ccc(CN2CCCCC2)cc1)NCc1noc(C(C)(C)C)n1. The maximum Gasteiger partial charge on any atom is 0.232 e. The molecule has 0 radical (unpaired) electrons. The smallest absolute Gasteiger partial charge is 0.232 e. The van der Waals surface area contributed by atoms with E-state index in [1.165, 1.54) is 43.5 Å². The van der Waals surface area contributed by atoms with Crippen molar-refractivity contribution in [3.63, 3.8) is 0 Å². The van der Waals surface area contributed by atoms with Crippen LogP contribution in [0.2, 0.25) is 0 Å². The molecule has 1 aromatic carbocycles. The highest BCUT2D eigenvalue weighted by molar-refractivity contribution is 5.79. The summed E-state index contributed by atoms with van der Waals surface area (Å²) in [7, 11) is 1.76. The minimum Gasteiger partial charge on any atom is -0.352 e. The van der Waals surface area contributed by atoms with Crippen LogP contribution in [0.4, 0.5) is 0 Å². The van der Waals surface area contributed by atoms with Gasteiger partial charge in [-0.15, -0.1) is 0 Å². The molecule has 2 heterocycles. The highest BCUT2D eigenvalue weighted by Gasteiger charge is 2.21. The van der Waals surface area contributed by atoms with Gasteiger partial charge in [0.1, 0.15) is 0 Å². The maximum atomic E-state index is 5.33. The monoisotopic (exact) mass is 398 g/mol. The normalized spacial score (nSPS) is 16.1. The molecule has 2 aromatic rings. The summed E-state index contributed by atoms with van der Waals surface area (Å²) >= 11 is 0. The standard InChI is InChI=1S/C22H34N6O/c1-22(2,3)20-26-19(27-29-20)15-25-21(23-4)24-14-17-8-10-18(11-9-17)16-28-12-6-5-7-13-28/h8-11H,5-7,12-16H2,1-4H3,(H2,23,24,25). The van der Waals surface area contributed by atoms with Gasteiger partial charge < -0.3 is 15.2 Å². The van der Waals surface area contributed by atoms with Gasteiger partial charge >= 0.3 is 0 Å². The molecule has 7 heteroatoms. The lowest BCUT2D eigenvalue weighted by atomic mass is 9.97. The number of hydrogen-bond acceptors (Lipinski definition) is 5. The molecule has 0 spiro atoms. The largest absolute Gasteiger partial charge is 0.352 e. The summed E-state index contributed by atoms with van der Waals surface area (Å²) in [6.45, 7) is 10.8. The zero-order valence-corrected chi connectivity index (χ0v) is 18.2. The molecule has 1 aliphatic rings. The number of rotatable bonds is 6. The van der Waals surface area contributed by atoms with Gasteiger partial charge in [-0.1, -0.05) is 56.6 Å². The molecule has 3 rings (SSSR count). The first-order chi connectivity index (χ1) is 13.9. The van der Waals surface area contributed by atoms with Crippen LogP contribution in [0.3, 0.4) is 0 Å². The summed E-state index contributed by atoms with van der Waals surface area (Å²) < 4.78 is 5.33. The van der Waals surface area contributed by atoms with Gasteiger partial charge in [0.05, 0.1) is 6.54 Å². The Kier molecular flexibility index (Phi) is 7.25. The summed E-state index contributed by atoms with van der Waals surface area (Å²) in [5, 5.41) is 10.6. The maximum absolute atomic E-state index is 5.33. The van der Waals surface area contributed by atoms with E-state index in [9.17, 15) is 0 Å². The summed E-state index contributed by atoms with van der Waals surface area (Å²) in [4.78, 5) is 11.3. The molecule has 29 heavy (non-hydrogen) atoms. The average Bonchev–Trinajstić information content (AvgIpc) is 3.20. The molecular weight excluding hydrogens is 364 g/mol. The molecule has 158 valence electrons. The predicted molar refractivity (Wildman–Crippen MR) is 116 cm³/mol. The first-order valence-corrected chi connectivity index (χ1v) is 10.5. The number of aliphatic imine (C=N–C) groups is 1. The average molecular weight is 399 g/mol. The van der Waals surface area contributed by atoms with E-state index in [1.807, 2.05) is 0 Å². The zero-order chi connectivity index (χ0) is 20.7. The number of guanidine groups is 1. The van der Waals surface area contributed by atoms with Crippen molar-refractivity contribution in [3.05, 3.63) is 47.1 Å². The van der Waals surface area contributed by atoms with Gasteiger partial charge in [0.25, 0.3) is 0 Å². The molecule has 0 bridgehead atoms. The fourth-order valence-corrected chi connectivity index (χ4v) is 3.34. The number of benzene rings is 1. The Morgan fingerprint density at radius 1 is 1.03 bits per heavy atom. The van der Waals surface area contributed by atoms with Crippen molar-refractivity contribution in [2.75, 3.05) is 20.1 Å². The summed E-state index contributed by atoms with van der Waals surface area (Å²) in [6.07, 6.45) is 4.03. The summed E-state index contributed by atoms with van der Waals surface area (Å²) in [6, 6.07) is 8.84. The Morgan fingerprint density at radius 3 is 2.31 bits per heavy atom. The topological polar surface area (TPSA) is 78.6 Å². The van der Waals surface area contributed by atoms with Crippen LogP contribution in [0.25, 0.3) is 0 Å². The van der Waals surface area contributed by atoms with Crippen LogP contribution < -0.4 is 10.6 Å². The fraction of sp³-hybridized carbons (Fsp3) is 0.591. The minimum atomic E-state index is -0.147. The fourth-order valence-electron chi connectivity index (χ4n) is 3.34. The van der Waals surface area contributed by atoms with Gasteiger partial charge in [0.2, 0.25) is 5.89 Å². The van der Waals surface area contributed by atoms with E-state index in [4.69, 9.17) is 4.52 Å². The summed E-state index contributed by atoms with van der Waals surface area (Å²) in [5.41, 5.74) is 2.46. The zero-order valence-electron chi connectivity index (χ0n) is 18.2. The molecule has 1 saturated heterocycles. The molecule has 1 aromatic heterocycles. The van der Waals surface area contributed by atoms with E-state index in [2.05, 4.69) is 75.7 Å². The minimum absolute atomic E-state index is 0.147. The highest BCUT2D eigenvalue weighted by atomic mass is 16.5. The van der Waals surface area contributed by atoms with Gasteiger partial charge in [0.15, 0.2) is 11.8 Å². The second-order valence-corrected chi connectivity index (χ2v) is 8.70. The molecule has 1 fully saturated rings. The second kappa shape index (κ2) is 9.87. The lowest BCUT2D eigenvalue weighted by molar-refractivity contribution is 0.221. The molecule has 0 atom stereocenters. The van der Waals surface area contributed by atoms with Crippen molar-refractivity contribution < 1.29 is 4.52 Å². The van der Waals surface area contributed by atoms with E-state index in [-0.39, 0.29) is 5.41 Å². The van der Waals surface area contributed by atoms with Crippen LogP contribution in [0.5, 0.6) is 0 Å². The Hall–Kier alpha value is -2.41. The van der Waals surface area contributed by atoms with E-state index >= 15 is 0 Å². The van der Waals surface area contributed by atoms with Crippen molar-refractivity contribution in [2.45, 2.75) is 65.1 Å². The molecule has 1 aliphatic heterocycles. The Morgan fingerprint density at radius 2 is 1.69 bits per heavy atom. The van der Waals surface area contributed by atoms with E-state index in [0.717, 1.165) is 6.54 Å². The first-order valence-electron chi connectivity index (χ1n) is 10.5. The quantitative estimate of drug-likeness (QED) is 0.575. The van der Waals surface area contributed by atoms with E-state index in [1.54, 1.807) is 7.05 Å².